The number of aromatic nitrogens is 1. The van der Waals surface area contributed by atoms with Gasteiger partial charge in [-0.15, -0.1) is 0 Å². The number of alkyl halides is 3. The third kappa shape index (κ3) is 1.95. The summed E-state index contributed by atoms with van der Waals surface area (Å²) in [4.78, 5) is 20.8. The second kappa shape index (κ2) is 3.04. The Morgan fingerprint density at radius 2 is 2.00 bits per heavy atom. The summed E-state index contributed by atoms with van der Waals surface area (Å²) in [6.07, 6.45) is -3.64. The van der Waals surface area contributed by atoms with E-state index in [-0.39, 0.29) is 6.41 Å². The summed E-state index contributed by atoms with van der Waals surface area (Å²) in [7, 11) is 0. The summed E-state index contributed by atoms with van der Waals surface area (Å²) < 4.78 is 36.4. The van der Waals surface area contributed by atoms with Crippen molar-refractivity contribution >= 4 is 6.41 Å². The molecule has 1 aromatic heterocycles. The molecule has 0 N–H and O–H groups in total. The van der Waals surface area contributed by atoms with Crippen LogP contribution < -0.4 is 5.56 Å². The van der Waals surface area contributed by atoms with Gasteiger partial charge < -0.3 is 0 Å². The fourth-order valence-electron chi connectivity index (χ4n) is 0.753. The molecule has 0 saturated carbocycles. The van der Waals surface area contributed by atoms with E-state index < -0.39 is 17.3 Å². The zero-order valence-electron chi connectivity index (χ0n) is 6.21. The maximum absolute atomic E-state index is 12.0. The zero-order chi connectivity index (χ0) is 10.1. The van der Waals surface area contributed by atoms with Crippen LogP contribution in [-0.4, -0.2) is 11.0 Å². The van der Waals surface area contributed by atoms with Crippen molar-refractivity contribution in [2.24, 2.45) is 0 Å². The van der Waals surface area contributed by atoms with Crippen LogP contribution in [0.25, 0.3) is 0 Å². The third-order valence-electron chi connectivity index (χ3n) is 1.39. The van der Waals surface area contributed by atoms with Crippen LogP contribution in [0.5, 0.6) is 0 Å². The molecular formula is C7H4F3NO2. The van der Waals surface area contributed by atoms with Gasteiger partial charge in [-0.1, -0.05) is 0 Å². The van der Waals surface area contributed by atoms with E-state index >= 15 is 0 Å². The van der Waals surface area contributed by atoms with Crippen molar-refractivity contribution in [2.45, 2.75) is 6.18 Å². The van der Waals surface area contributed by atoms with Gasteiger partial charge in [0, 0.05) is 12.3 Å². The highest BCUT2D eigenvalue weighted by molar-refractivity contribution is 5.51. The molecule has 0 aromatic carbocycles. The lowest BCUT2D eigenvalue weighted by Crippen LogP contribution is -2.20. The second-order valence-electron chi connectivity index (χ2n) is 2.26. The van der Waals surface area contributed by atoms with Gasteiger partial charge in [-0.2, -0.15) is 13.2 Å². The van der Waals surface area contributed by atoms with Gasteiger partial charge in [-0.25, -0.2) is 0 Å². The van der Waals surface area contributed by atoms with Crippen LogP contribution >= 0.6 is 0 Å². The van der Waals surface area contributed by atoms with Crippen molar-refractivity contribution < 1.29 is 18.0 Å². The van der Waals surface area contributed by atoms with E-state index in [4.69, 9.17) is 0 Å². The third-order valence-corrected chi connectivity index (χ3v) is 1.39. The Morgan fingerprint density at radius 1 is 1.38 bits per heavy atom. The SMILES string of the molecule is O=Cn1ccc(C(F)(F)F)cc1=O. The van der Waals surface area contributed by atoms with Gasteiger partial charge in [-0.3, -0.25) is 14.2 Å². The lowest BCUT2D eigenvalue weighted by Gasteiger charge is -2.05. The number of rotatable bonds is 1. The Bertz CT molecular complexity index is 380. The van der Waals surface area contributed by atoms with Gasteiger partial charge in [0.05, 0.1) is 5.56 Å². The molecular weight excluding hydrogens is 187 g/mol. The van der Waals surface area contributed by atoms with Crippen molar-refractivity contribution in [1.29, 1.82) is 0 Å². The van der Waals surface area contributed by atoms with Crippen LogP contribution in [0.15, 0.2) is 23.1 Å². The van der Waals surface area contributed by atoms with E-state index in [2.05, 4.69) is 0 Å². The van der Waals surface area contributed by atoms with Gasteiger partial charge in [0.15, 0.2) is 0 Å². The minimum absolute atomic E-state index is 0.141. The van der Waals surface area contributed by atoms with Gasteiger partial charge in [0.1, 0.15) is 0 Å². The van der Waals surface area contributed by atoms with Crippen LogP contribution in [0.2, 0.25) is 0 Å². The molecule has 1 heterocycles. The maximum Gasteiger partial charge on any atom is 0.416 e. The first-order valence-corrected chi connectivity index (χ1v) is 3.20. The fraction of sp³-hybridized carbons (Fsp3) is 0.143. The largest absolute Gasteiger partial charge is 0.416 e. The quantitative estimate of drug-likeness (QED) is 0.619. The molecule has 1 rings (SSSR count). The van der Waals surface area contributed by atoms with Gasteiger partial charge in [0.25, 0.3) is 5.56 Å². The minimum atomic E-state index is -4.55. The molecule has 0 radical (unpaired) electrons. The number of carbonyl (C=O) groups is 1. The fourth-order valence-corrected chi connectivity index (χ4v) is 0.753. The lowest BCUT2D eigenvalue weighted by atomic mass is 10.2. The van der Waals surface area contributed by atoms with Crippen LogP contribution in [-0.2, 0) is 11.0 Å². The van der Waals surface area contributed by atoms with Gasteiger partial charge in [0.2, 0.25) is 6.41 Å². The molecule has 0 aliphatic rings. The van der Waals surface area contributed by atoms with E-state index in [1.54, 1.807) is 0 Å². The smallest absolute Gasteiger partial charge is 0.278 e. The number of carbonyl (C=O) groups excluding carboxylic acids is 1. The number of hydrogen-bond donors (Lipinski definition) is 0. The lowest BCUT2D eigenvalue weighted by molar-refractivity contribution is -0.137. The molecule has 13 heavy (non-hydrogen) atoms. The van der Waals surface area contributed by atoms with E-state index in [1.165, 1.54) is 0 Å². The van der Waals surface area contributed by atoms with E-state index in [0.717, 1.165) is 6.20 Å². The normalized spacial score (nSPS) is 11.3. The Morgan fingerprint density at radius 3 is 2.38 bits per heavy atom. The molecule has 0 atom stereocenters. The topological polar surface area (TPSA) is 39.1 Å². The Kier molecular flexibility index (Phi) is 2.22. The molecule has 0 aliphatic carbocycles. The van der Waals surface area contributed by atoms with Crippen molar-refractivity contribution in [3.05, 3.63) is 34.2 Å². The number of pyridine rings is 1. The second-order valence-corrected chi connectivity index (χ2v) is 2.26. The standard InChI is InChI=1S/C7H4F3NO2/c8-7(9,10)5-1-2-11(4-12)6(13)3-5/h1-4H. The van der Waals surface area contributed by atoms with Gasteiger partial charge in [-0.05, 0) is 6.07 Å². The molecule has 0 bridgehead atoms. The van der Waals surface area contributed by atoms with Crippen molar-refractivity contribution in [2.75, 3.05) is 0 Å². The average molecular weight is 191 g/mol. The van der Waals surface area contributed by atoms with Crippen LogP contribution in [0.4, 0.5) is 13.2 Å². The van der Waals surface area contributed by atoms with Crippen LogP contribution in [0.1, 0.15) is 5.56 Å². The zero-order valence-corrected chi connectivity index (χ0v) is 6.21. The Hall–Kier alpha value is -1.59. The van der Waals surface area contributed by atoms with Crippen LogP contribution in [0.3, 0.4) is 0 Å². The highest BCUT2D eigenvalue weighted by Gasteiger charge is 2.30. The van der Waals surface area contributed by atoms with Crippen molar-refractivity contribution in [3.63, 3.8) is 0 Å². The first-order chi connectivity index (χ1) is 5.95. The summed E-state index contributed by atoms with van der Waals surface area (Å²) in [5.41, 5.74) is -2.06. The summed E-state index contributed by atoms with van der Waals surface area (Å²) in [6.45, 7) is 0. The van der Waals surface area contributed by atoms with E-state index in [1.807, 2.05) is 0 Å². The molecule has 0 fully saturated rings. The maximum atomic E-state index is 12.0. The first-order valence-electron chi connectivity index (χ1n) is 3.20. The summed E-state index contributed by atoms with van der Waals surface area (Å²) >= 11 is 0. The Labute approximate surface area is 70.4 Å². The molecule has 0 saturated heterocycles. The monoisotopic (exact) mass is 191 g/mol. The highest BCUT2D eigenvalue weighted by Crippen LogP contribution is 2.27. The summed E-state index contributed by atoms with van der Waals surface area (Å²) in [5, 5.41) is 0. The number of nitrogens with zero attached hydrogens (tertiary/aromatic N) is 1. The Balaban J connectivity index is 3.26. The number of halogens is 3. The first kappa shape index (κ1) is 9.50. The highest BCUT2D eigenvalue weighted by atomic mass is 19.4. The molecule has 6 heteroatoms. The molecule has 0 amide bonds. The average Bonchev–Trinajstić information content (AvgIpc) is 2.02. The molecule has 3 nitrogen and oxygen atoms in total. The predicted molar refractivity (Wildman–Crippen MR) is 37.9 cm³/mol. The molecule has 0 aliphatic heterocycles. The summed E-state index contributed by atoms with van der Waals surface area (Å²) in [6, 6.07) is 1.03. The van der Waals surface area contributed by atoms with E-state index in [0.29, 0.717) is 16.7 Å². The van der Waals surface area contributed by atoms with Crippen molar-refractivity contribution in [1.82, 2.24) is 4.57 Å². The molecule has 0 spiro atoms. The van der Waals surface area contributed by atoms with Crippen molar-refractivity contribution in [3.8, 4) is 0 Å². The van der Waals surface area contributed by atoms with Gasteiger partial charge >= 0.3 is 6.18 Å². The minimum Gasteiger partial charge on any atom is -0.278 e. The van der Waals surface area contributed by atoms with Crippen LogP contribution in [0, 0.1) is 0 Å². The van der Waals surface area contributed by atoms with E-state index in [9.17, 15) is 22.8 Å². The molecule has 1 aromatic rings. The molecule has 70 valence electrons. The number of hydrogen-bond acceptors (Lipinski definition) is 2. The molecule has 0 unspecified atom stereocenters. The summed E-state index contributed by atoms with van der Waals surface area (Å²) in [5.74, 6) is 0. The predicted octanol–water partition coefficient (Wildman–Crippen LogP) is 0.905.